The molecule has 0 radical (unpaired) electrons. The van der Waals surface area contributed by atoms with Crippen molar-refractivity contribution in [3.63, 3.8) is 0 Å². The van der Waals surface area contributed by atoms with E-state index in [9.17, 15) is 0 Å². The minimum absolute atomic E-state index is 0.212. The predicted molar refractivity (Wildman–Crippen MR) is 109 cm³/mol. The first kappa shape index (κ1) is 17.8. The van der Waals surface area contributed by atoms with Gasteiger partial charge >= 0.3 is 0 Å². The van der Waals surface area contributed by atoms with Crippen molar-refractivity contribution >= 4 is 23.0 Å². The summed E-state index contributed by atoms with van der Waals surface area (Å²) in [5, 5.41) is 8.98. The lowest BCUT2D eigenvalue weighted by atomic mass is 10.1. The second-order valence-electron chi connectivity index (χ2n) is 6.43. The molecule has 0 saturated carbocycles. The molecule has 2 aromatic rings. The molecule has 1 atom stereocenters. The van der Waals surface area contributed by atoms with E-state index >= 15 is 0 Å². The first-order chi connectivity index (χ1) is 12.3. The van der Waals surface area contributed by atoms with Gasteiger partial charge in [-0.05, 0) is 55.8 Å². The van der Waals surface area contributed by atoms with Crippen molar-refractivity contribution in [2.24, 2.45) is 4.99 Å². The SMILES string of the molecule is CCNC(=NCc1cccs1)NC(C)c1cccc(N2CCCC2)c1. The van der Waals surface area contributed by atoms with Gasteiger partial charge in [0.05, 0.1) is 12.6 Å². The number of thiophene rings is 1. The first-order valence-corrected chi connectivity index (χ1v) is 10.1. The average molecular weight is 357 g/mol. The molecule has 0 bridgehead atoms. The lowest BCUT2D eigenvalue weighted by Crippen LogP contribution is -2.38. The molecule has 0 spiro atoms. The molecule has 1 aromatic heterocycles. The molecule has 134 valence electrons. The van der Waals surface area contributed by atoms with Crippen LogP contribution in [-0.2, 0) is 6.54 Å². The van der Waals surface area contributed by atoms with Gasteiger partial charge in [-0.1, -0.05) is 18.2 Å². The van der Waals surface area contributed by atoms with Crippen LogP contribution >= 0.6 is 11.3 Å². The molecular weight excluding hydrogens is 328 g/mol. The Morgan fingerprint density at radius 2 is 2.08 bits per heavy atom. The summed E-state index contributed by atoms with van der Waals surface area (Å²) in [7, 11) is 0. The number of guanidine groups is 1. The molecule has 2 heterocycles. The van der Waals surface area contributed by atoms with Crippen molar-refractivity contribution in [1.29, 1.82) is 0 Å². The van der Waals surface area contributed by atoms with E-state index in [-0.39, 0.29) is 6.04 Å². The van der Waals surface area contributed by atoms with Crippen LogP contribution in [-0.4, -0.2) is 25.6 Å². The average Bonchev–Trinajstić information content (AvgIpc) is 3.33. The molecule has 0 aliphatic carbocycles. The Labute approximate surface area is 155 Å². The van der Waals surface area contributed by atoms with E-state index in [0.717, 1.165) is 12.5 Å². The number of anilines is 1. The van der Waals surface area contributed by atoms with E-state index < -0.39 is 0 Å². The first-order valence-electron chi connectivity index (χ1n) is 9.18. The van der Waals surface area contributed by atoms with E-state index in [1.807, 2.05) is 0 Å². The van der Waals surface area contributed by atoms with Crippen LogP contribution in [0.15, 0.2) is 46.8 Å². The van der Waals surface area contributed by atoms with Crippen molar-refractivity contribution in [2.45, 2.75) is 39.3 Å². The van der Waals surface area contributed by atoms with Crippen LogP contribution in [0.1, 0.15) is 43.2 Å². The summed E-state index contributed by atoms with van der Waals surface area (Å²) in [4.78, 5) is 8.47. The fraction of sp³-hybridized carbons (Fsp3) is 0.450. The molecule has 1 aromatic carbocycles. The van der Waals surface area contributed by atoms with Crippen LogP contribution in [0.5, 0.6) is 0 Å². The van der Waals surface area contributed by atoms with Crippen molar-refractivity contribution in [2.75, 3.05) is 24.5 Å². The van der Waals surface area contributed by atoms with Gasteiger partial charge < -0.3 is 15.5 Å². The van der Waals surface area contributed by atoms with Crippen molar-refractivity contribution in [1.82, 2.24) is 10.6 Å². The van der Waals surface area contributed by atoms with Gasteiger partial charge in [-0.25, -0.2) is 4.99 Å². The number of nitrogens with zero attached hydrogens (tertiary/aromatic N) is 2. The molecule has 25 heavy (non-hydrogen) atoms. The van der Waals surface area contributed by atoms with E-state index in [4.69, 9.17) is 4.99 Å². The highest BCUT2D eigenvalue weighted by molar-refractivity contribution is 7.09. The Bertz CT molecular complexity index is 675. The second-order valence-corrected chi connectivity index (χ2v) is 7.46. The number of benzene rings is 1. The van der Waals surface area contributed by atoms with Crippen molar-refractivity contribution in [3.05, 3.63) is 52.2 Å². The van der Waals surface area contributed by atoms with Crippen LogP contribution in [0.3, 0.4) is 0 Å². The highest BCUT2D eigenvalue weighted by Gasteiger charge is 2.14. The number of hydrogen-bond donors (Lipinski definition) is 2. The van der Waals surface area contributed by atoms with Crippen molar-refractivity contribution < 1.29 is 0 Å². The highest BCUT2D eigenvalue weighted by atomic mass is 32.1. The fourth-order valence-electron chi connectivity index (χ4n) is 3.13. The number of rotatable bonds is 6. The van der Waals surface area contributed by atoms with Gasteiger partial charge in [0.25, 0.3) is 0 Å². The zero-order valence-electron chi connectivity index (χ0n) is 15.2. The quantitative estimate of drug-likeness (QED) is 0.603. The normalized spacial score (nSPS) is 16.1. The van der Waals surface area contributed by atoms with Crippen LogP contribution < -0.4 is 15.5 Å². The summed E-state index contributed by atoms with van der Waals surface area (Å²) >= 11 is 1.75. The lowest BCUT2D eigenvalue weighted by molar-refractivity contribution is 0.686. The van der Waals surface area contributed by atoms with Crippen LogP contribution in [0, 0.1) is 0 Å². The summed E-state index contributed by atoms with van der Waals surface area (Å²) in [6.45, 7) is 8.22. The molecule has 2 N–H and O–H groups in total. The second kappa shape index (κ2) is 8.90. The van der Waals surface area contributed by atoms with Crippen LogP contribution in [0.4, 0.5) is 5.69 Å². The van der Waals surface area contributed by atoms with E-state index in [0.29, 0.717) is 6.54 Å². The molecule has 0 amide bonds. The summed E-state index contributed by atoms with van der Waals surface area (Å²) in [6.07, 6.45) is 2.61. The van der Waals surface area contributed by atoms with Crippen LogP contribution in [0.2, 0.25) is 0 Å². The van der Waals surface area contributed by atoms with Gasteiger partial charge in [0.15, 0.2) is 5.96 Å². The minimum Gasteiger partial charge on any atom is -0.372 e. The Balaban J connectivity index is 1.67. The van der Waals surface area contributed by atoms with E-state index in [1.54, 1.807) is 11.3 Å². The Kier molecular flexibility index (Phi) is 6.34. The molecule has 1 saturated heterocycles. The lowest BCUT2D eigenvalue weighted by Gasteiger charge is -2.22. The summed E-state index contributed by atoms with van der Waals surface area (Å²) in [6, 6.07) is 13.3. The molecule has 3 rings (SSSR count). The van der Waals surface area contributed by atoms with Gasteiger partial charge in [0.1, 0.15) is 0 Å². The standard InChI is InChI=1S/C20H28N4S/c1-3-21-20(22-15-19-10-7-13-25-19)23-16(2)17-8-6-9-18(14-17)24-11-4-5-12-24/h6-10,13-14,16H,3-5,11-12,15H2,1-2H3,(H2,21,22,23). The maximum Gasteiger partial charge on any atom is 0.192 e. The topological polar surface area (TPSA) is 39.7 Å². The number of nitrogens with one attached hydrogen (secondary N) is 2. The number of hydrogen-bond acceptors (Lipinski definition) is 3. The number of aliphatic imine (C=N–C) groups is 1. The third kappa shape index (κ3) is 4.98. The van der Waals surface area contributed by atoms with E-state index in [1.165, 1.54) is 42.1 Å². The summed E-state index contributed by atoms with van der Waals surface area (Å²) in [5.74, 6) is 0.870. The fourth-order valence-corrected chi connectivity index (χ4v) is 3.76. The summed E-state index contributed by atoms with van der Waals surface area (Å²) < 4.78 is 0. The zero-order valence-corrected chi connectivity index (χ0v) is 16.0. The summed E-state index contributed by atoms with van der Waals surface area (Å²) in [5.41, 5.74) is 2.63. The monoisotopic (exact) mass is 356 g/mol. The maximum absolute atomic E-state index is 4.72. The molecule has 1 unspecified atom stereocenters. The third-order valence-corrected chi connectivity index (χ3v) is 5.37. The van der Waals surface area contributed by atoms with Gasteiger partial charge in [-0.15, -0.1) is 11.3 Å². The zero-order chi connectivity index (χ0) is 17.5. The maximum atomic E-state index is 4.72. The highest BCUT2D eigenvalue weighted by Crippen LogP contribution is 2.24. The predicted octanol–water partition coefficient (Wildman–Crippen LogP) is 4.16. The Morgan fingerprint density at radius 1 is 1.24 bits per heavy atom. The molecule has 1 aliphatic heterocycles. The largest absolute Gasteiger partial charge is 0.372 e. The van der Waals surface area contributed by atoms with Crippen molar-refractivity contribution in [3.8, 4) is 0 Å². The third-order valence-electron chi connectivity index (χ3n) is 4.51. The minimum atomic E-state index is 0.212. The van der Waals surface area contributed by atoms with Gasteiger partial charge in [0.2, 0.25) is 0 Å². The molecule has 4 nitrogen and oxygen atoms in total. The Morgan fingerprint density at radius 3 is 2.80 bits per heavy atom. The van der Waals surface area contributed by atoms with Crippen LogP contribution in [0.25, 0.3) is 0 Å². The molecule has 1 aliphatic rings. The molecular formula is C20H28N4S. The van der Waals surface area contributed by atoms with Gasteiger partial charge in [-0.3, -0.25) is 0 Å². The molecule has 1 fully saturated rings. The Hall–Kier alpha value is -2.01. The van der Waals surface area contributed by atoms with Gasteiger partial charge in [-0.2, -0.15) is 0 Å². The smallest absolute Gasteiger partial charge is 0.192 e. The van der Waals surface area contributed by atoms with Gasteiger partial charge in [0, 0.05) is 30.2 Å². The van der Waals surface area contributed by atoms with E-state index in [2.05, 4.69) is 71.2 Å². The molecule has 5 heteroatoms.